The van der Waals surface area contributed by atoms with E-state index in [2.05, 4.69) is 26.1 Å². The topological polar surface area (TPSA) is 29.1 Å². The highest BCUT2D eigenvalue weighted by Gasteiger charge is 2.04. The third-order valence-corrected chi connectivity index (χ3v) is 2.92. The van der Waals surface area contributed by atoms with Gasteiger partial charge in [0.2, 0.25) is 5.91 Å². The van der Waals surface area contributed by atoms with Gasteiger partial charge in [0.05, 0.1) is 0 Å². The molecule has 0 aliphatic heterocycles. The quantitative estimate of drug-likeness (QED) is 0.563. The van der Waals surface area contributed by atoms with E-state index in [4.69, 9.17) is 0 Å². The lowest BCUT2D eigenvalue weighted by molar-refractivity contribution is -0.121. The zero-order chi connectivity index (χ0) is 12.2. The number of amides is 1. The van der Waals surface area contributed by atoms with E-state index < -0.39 is 0 Å². The maximum absolute atomic E-state index is 11.4. The summed E-state index contributed by atoms with van der Waals surface area (Å²) >= 11 is 0. The lowest BCUT2D eigenvalue weighted by Gasteiger charge is -2.10. The van der Waals surface area contributed by atoms with Crippen molar-refractivity contribution in [3.63, 3.8) is 0 Å². The summed E-state index contributed by atoms with van der Waals surface area (Å²) in [5.74, 6) is 0.215. The number of carbonyl (C=O) groups excluding carboxylic acids is 1. The van der Waals surface area contributed by atoms with Crippen LogP contribution in [0.2, 0.25) is 0 Å². The number of unbranched alkanes of at least 4 members (excludes halogenated alkanes) is 6. The average molecular weight is 226 g/mol. The Hall–Kier alpha value is -0.530. The summed E-state index contributed by atoms with van der Waals surface area (Å²) in [4.78, 5) is 11.4. The monoisotopic (exact) mass is 226 g/mol. The number of nitrogens with one attached hydrogen (secondary N) is 1. The first-order chi connectivity index (χ1) is 7.70. The zero-order valence-corrected chi connectivity index (χ0v) is 11.1. The summed E-state index contributed by atoms with van der Waals surface area (Å²) in [5, 5.41) is 2.99. The van der Waals surface area contributed by atoms with Gasteiger partial charge in [-0.3, -0.25) is 4.79 Å². The average Bonchev–Trinajstić information content (AvgIpc) is 2.27. The molecule has 0 aromatic rings. The van der Waals surface area contributed by atoms with E-state index in [-0.39, 0.29) is 5.91 Å². The maximum Gasteiger partial charge on any atom is 0.220 e. The third-order valence-electron chi connectivity index (χ3n) is 2.92. The highest BCUT2D eigenvalue weighted by molar-refractivity contribution is 5.76. The predicted octanol–water partition coefficient (Wildman–Crippen LogP) is 3.86. The van der Waals surface area contributed by atoms with Gasteiger partial charge in [-0.25, -0.2) is 0 Å². The summed E-state index contributed by atoms with van der Waals surface area (Å²) in [6.07, 6.45) is 10.1. The van der Waals surface area contributed by atoms with Gasteiger partial charge in [-0.2, -0.15) is 0 Å². The fourth-order valence-corrected chi connectivity index (χ4v) is 1.62. The molecule has 0 spiro atoms. The minimum atomic E-state index is 0.215. The molecule has 0 aromatic heterocycles. The van der Waals surface area contributed by atoms with Crippen molar-refractivity contribution in [2.24, 2.45) is 0 Å². The second-order valence-electron chi connectivity index (χ2n) is 4.60. The van der Waals surface area contributed by atoms with Crippen molar-refractivity contribution < 1.29 is 4.79 Å². The molecule has 1 N–H and O–H groups in total. The van der Waals surface area contributed by atoms with Crippen molar-refractivity contribution in [3.05, 3.63) is 6.92 Å². The van der Waals surface area contributed by atoms with Gasteiger partial charge in [-0.1, -0.05) is 52.4 Å². The van der Waals surface area contributed by atoms with Gasteiger partial charge in [-0.05, 0) is 19.8 Å². The van der Waals surface area contributed by atoms with E-state index in [1.807, 2.05) is 0 Å². The molecule has 16 heavy (non-hydrogen) atoms. The maximum atomic E-state index is 11.4. The van der Waals surface area contributed by atoms with Crippen LogP contribution >= 0.6 is 0 Å². The van der Waals surface area contributed by atoms with Crippen LogP contribution in [-0.2, 0) is 4.79 Å². The molecule has 0 rings (SSSR count). The summed E-state index contributed by atoms with van der Waals surface area (Å²) in [5.41, 5.74) is 0. The van der Waals surface area contributed by atoms with Crippen molar-refractivity contribution in [2.45, 2.75) is 77.7 Å². The van der Waals surface area contributed by atoms with Gasteiger partial charge in [0.1, 0.15) is 0 Å². The lowest BCUT2D eigenvalue weighted by Crippen LogP contribution is -2.31. The van der Waals surface area contributed by atoms with Crippen LogP contribution in [-0.4, -0.2) is 11.9 Å². The SMILES string of the molecule is [CH2]CCCCCCCCC(=O)NC(C)CC. The van der Waals surface area contributed by atoms with Gasteiger partial charge in [-0.15, -0.1) is 0 Å². The Balaban J connectivity index is 3.21. The van der Waals surface area contributed by atoms with Crippen LogP contribution in [0.25, 0.3) is 0 Å². The van der Waals surface area contributed by atoms with E-state index >= 15 is 0 Å². The molecule has 0 fully saturated rings. The van der Waals surface area contributed by atoms with Gasteiger partial charge < -0.3 is 5.32 Å². The summed E-state index contributed by atoms with van der Waals surface area (Å²) in [7, 11) is 0. The van der Waals surface area contributed by atoms with Crippen LogP contribution in [0, 0.1) is 6.92 Å². The van der Waals surface area contributed by atoms with Crippen LogP contribution in [0.1, 0.15) is 71.6 Å². The van der Waals surface area contributed by atoms with Crippen molar-refractivity contribution in [1.29, 1.82) is 0 Å². The van der Waals surface area contributed by atoms with Gasteiger partial charge in [0.25, 0.3) is 0 Å². The Bertz CT molecular complexity index is 168. The molecule has 1 atom stereocenters. The normalized spacial score (nSPS) is 12.4. The second kappa shape index (κ2) is 11.0. The van der Waals surface area contributed by atoms with Crippen molar-refractivity contribution >= 4 is 5.91 Å². The van der Waals surface area contributed by atoms with Crippen LogP contribution in [0.3, 0.4) is 0 Å². The Morgan fingerprint density at radius 3 is 2.25 bits per heavy atom. The smallest absolute Gasteiger partial charge is 0.220 e. The van der Waals surface area contributed by atoms with Crippen LogP contribution < -0.4 is 5.32 Å². The van der Waals surface area contributed by atoms with Crippen molar-refractivity contribution in [1.82, 2.24) is 5.32 Å². The van der Waals surface area contributed by atoms with E-state index in [0.29, 0.717) is 12.5 Å². The van der Waals surface area contributed by atoms with Crippen LogP contribution in [0.4, 0.5) is 0 Å². The Kier molecular flexibility index (Phi) is 10.6. The van der Waals surface area contributed by atoms with Crippen molar-refractivity contribution in [3.8, 4) is 0 Å². The molecule has 0 aromatic carbocycles. The Labute approximate surface area is 101 Å². The molecule has 1 amide bonds. The third kappa shape index (κ3) is 10.0. The number of hydrogen-bond acceptors (Lipinski definition) is 1. The summed E-state index contributed by atoms with van der Waals surface area (Å²) < 4.78 is 0. The Morgan fingerprint density at radius 2 is 1.69 bits per heavy atom. The molecule has 0 bridgehead atoms. The minimum absolute atomic E-state index is 0.215. The second-order valence-corrected chi connectivity index (χ2v) is 4.60. The molecule has 0 heterocycles. The molecule has 0 saturated heterocycles. The first-order valence-electron chi connectivity index (χ1n) is 6.79. The number of hydrogen-bond donors (Lipinski definition) is 1. The van der Waals surface area contributed by atoms with Crippen molar-refractivity contribution in [2.75, 3.05) is 0 Å². The Morgan fingerprint density at radius 1 is 1.12 bits per heavy atom. The van der Waals surface area contributed by atoms with Crippen LogP contribution in [0.15, 0.2) is 0 Å². The predicted molar refractivity (Wildman–Crippen MR) is 70.2 cm³/mol. The van der Waals surface area contributed by atoms with Gasteiger partial charge in [0.15, 0.2) is 0 Å². The molecule has 1 unspecified atom stereocenters. The summed E-state index contributed by atoms with van der Waals surface area (Å²) in [6, 6.07) is 0.324. The lowest BCUT2D eigenvalue weighted by atomic mass is 10.1. The molecule has 0 aliphatic carbocycles. The minimum Gasteiger partial charge on any atom is -0.354 e. The highest BCUT2D eigenvalue weighted by Crippen LogP contribution is 2.08. The van der Waals surface area contributed by atoms with Gasteiger partial charge >= 0.3 is 0 Å². The van der Waals surface area contributed by atoms with E-state index in [9.17, 15) is 4.79 Å². The molecule has 2 heteroatoms. The molecule has 2 nitrogen and oxygen atoms in total. The molecular weight excluding hydrogens is 198 g/mol. The molecule has 0 aliphatic rings. The first-order valence-corrected chi connectivity index (χ1v) is 6.79. The highest BCUT2D eigenvalue weighted by atomic mass is 16.1. The standard InChI is InChI=1S/C14H28NO/c1-4-6-7-8-9-10-11-12-14(16)15-13(3)5-2/h13H,1,4-12H2,2-3H3,(H,15,16). The molecule has 1 radical (unpaired) electrons. The largest absolute Gasteiger partial charge is 0.354 e. The van der Waals surface area contributed by atoms with E-state index in [1.165, 1.54) is 32.1 Å². The van der Waals surface area contributed by atoms with Gasteiger partial charge in [0, 0.05) is 12.5 Å². The fraction of sp³-hybridized carbons (Fsp3) is 0.857. The molecule has 95 valence electrons. The number of rotatable bonds is 10. The number of carbonyl (C=O) groups is 1. The zero-order valence-electron chi connectivity index (χ0n) is 11.1. The van der Waals surface area contributed by atoms with E-state index in [0.717, 1.165) is 19.3 Å². The molecule has 0 saturated carbocycles. The first kappa shape index (κ1) is 15.5. The fourth-order valence-electron chi connectivity index (χ4n) is 1.62. The summed E-state index contributed by atoms with van der Waals surface area (Å²) in [6.45, 7) is 7.97. The molecular formula is C14H28NO. The van der Waals surface area contributed by atoms with E-state index in [1.54, 1.807) is 0 Å². The van der Waals surface area contributed by atoms with Crippen LogP contribution in [0.5, 0.6) is 0 Å².